The summed E-state index contributed by atoms with van der Waals surface area (Å²) in [5.74, 6) is 1.73. The van der Waals surface area contributed by atoms with Crippen LogP contribution in [0.2, 0.25) is 0 Å². The third-order valence-corrected chi connectivity index (χ3v) is 3.40. The van der Waals surface area contributed by atoms with Crippen LogP contribution in [0.1, 0.15) is 25.8 Å². The maximum Gasteiger partial charge on any atom is 0.161 e. The highest BCUT2D eigenvalue weighted by Gasteiger charge is 2.22. The third kappa shape index (κ3) is 3.61. The second-order valence-corrected chi connectivity index (χ2v) is 5.55. The van der Waals surface area contributed by atoms with E-state index in [9.17, 15) is 0 Å². The molecule has 2 N–H and O–H groups in total. The Morgan fingerprint density at radius 1 is 1.16 bits per heavy atom. The Morgan fingerprint density at radius 3 is 2.63 bits per heavy atom. The van der Waals surface area contributed by atoms with Gasteiger partial charge < -0.3 is 20.1 Å². The molecular weight excluding hydrogens is 240 g/mol. The molecule has 0 radical (unpaired) electrons. The monoisotopic (exact) mass is 264 g/mol. The zero-order valence-electron chi connectivity index (χ0n) is 12.1. The van der Waals surface area contributed by atoms with E-state index in [1.807, 2.05) is 13.1 Å². The number of benzene rings is 1. The number of fused-ring (bicyclic) bond motifs is 1. The van der Waals surface area contributed by atoms with Crippen LogP contribution in [0.25, 0.3) is 0 Å². The Kier molecular flexibility index (Phi) is 4.66. The number of ether oxygens (including phenoxy) is 2. The SMILES string of the molecule is CNCNCC(C)(C)c1ccc2c(c1)OCCCO2. The summed E-state index contributed by atoms with van der Waals surface area (Å²) in [6.07, 6.45) is 0.942. The minimum absolute atomic E-state index is 0.0571. The molecule has 2 rings (SSSR count). The smallest absolute Gasteiger partial charge is 0.161 e. The molecule has 0 spiro atoms. The van der Waals surface area contributed by atoms with Crippen molar-refractivity contribution in [2.75, 3.05) is 33.5 Å². The molecule has 0 aliphatic carbocycles. The molecule has 0 unspecified atom stereocenters. The molecule has 4 nitrogen and oxygen atoms in total. The van der Waals surface area contributed by atoms with Crippen LogP contribution in [-0.4, -0.2) is 33.5 Å². The highest BCUT2D eigenvalue weighted by atomic mass is 16.5. The average Bonchev–Trinajstić information content (AvgIpc) is 2.63. The molecule has 0 aromatic heterocycles. The van der Waals surface area contributed by atoms with E-state index < -0.39 is 0 Å². The molecule has 0 atom stereocenters. The van der Waals surface area contributed by atoms with Gasteiger partial charge >= 0.3 is 0 Å². The van der Waals surface area contributed by atoms with Crippen LogP contribution in [0.4, 0.5) is 0 Å². The van der Waals surface area contributed by atoms with E-state index in [0.29, 0.717) is 0 Å². The summed E-state index contributed by atoms with van der Waals surface area (Å²) in [4.78, 5) is 0. The maximum atomic E-state index is 5.75. The van der Waals surface area contributed by atoms with Crippen molar-refractivity contribution in [2.45, 2.75) is 25.7 Å². The average molecular weight is 264 g/mol. The van der Waals surface area contributed by atoms with Gasteiger partial charge in [0, 0.05) is 25.0 Å². The minimum atomic E-state index is 0.0571. The molecule has 0 fully saturated rings. The number of hydrogen-bond acceptors (Lipinski definition) is 4. The Hall–Kier alpha value is -1.26. The number of hydrogen-bond donors (Lipinski definition) is 2. The molecule has 4 heteroatoms. The fraction of sp³-hybridized carbons (Fsp3) is 0.600. The topological polar surface area (TPSA) is 42.5 Å². The molecule has 1 heterocycles. The fourth-order valence-electron chi connectivity index (χ4n) is 2.19. The minimum Gasteiger partial charge on any atom is -0.490 e. The van der Waals surface area contributed by atoms with E-state index >= 15 is 0 Å². The Labute approximate surface area is 115 Å². The van der Waals surface area contributed by atoms with Crippen molar-refractivity contribution >= 4 is 0 Å². The van der Waals surface area contributed by atoms with E-state index in [-0.39, 0.29) is 5.41 Å². The van der Waals surface area contributed by atoms with Crippen molar-refractivity contribution in [1.82, 2.24) is 10.6 Å². The van der Waals surface area contributed by atoms with Crippen LogP contribution >= 0.6 is 0 Å². The first-order valence-electron chi connectivity index (χ1n) is 6.89. The van der Waals surface area contributed by atoms with E-state index in [1.165, 1.54) is 5.56 Å². The lowest BCUT2D eigenvalue weighted by Crippen LogP contribution is -2.37. The second kappa shape index (κ2) is 6.26. The summed E-state index contributed by atoms with van der Waals surface area (Å²) in [5, 5.41) is 6.48. The Bertz CT molecular complexity index is 419. The lowest BCUT2D eigenvalue weighted by atomic mass is 9.84. The normalized spacial score (nSPS) is 15.1. The van der Waals surface area contributed by atoms with Crippen molar-refractivity contribution in [3.8, 4) is 11.5 Å². The van der Waals surface area contributed by atoms with Crippen LogP contribution in [0.3, 0.4) is 0 Å². The van der Waals surface area contributed by atoms with Crippen molar-refractivity contribution in [3.05, 3.63) is 23.8 Å². The van der Waals surface area contributed by atoms with Crippen LogP contribution in [-0.2, 0) is 5.41 Å². The van der Waals surface area contributed by atoms with E-state index in [2.05, 4.69) is 36.6 Å². The quantitative estimate of drug-likeness (QED) is 0.629. The zero-order valence-corrected chi connectivity index (χ0v) is 12.1. The van der Waals surface area contributed by atoms with Crippen LogP contribution < -0.4 is 20.1 Å². The third-order valence-electron chi connectivity index (χ3n) is 3.40. The van der Waals surface area contributed by atoms with Crippen LogP contribution in [0.15, 0.2) is 18.2 Å². The van der Waals surface area contributed by atoms with E-state index in [4.69, 9.17) is 9.47 Å². The maximum absolute atomic E-state index is 5.75. The molecule has 0 saturated heterocycles. The summed E-state index contributed by atoms with van der Waals surface area (Å²) >= 11 is 0. The highest BCUT2D eigenvalue weighted by Crippen LogP contribution is 2.34. The van der Waals surface area contributed by atoms with Crippen LogP contribution in [0.5, 0.6) is 11.5 Å². The summed E-state index contributed by atoms with van der Waals surface area (Å²) < 4.78 is 11.4. The molecule has 1 aliphatic heterocycles. The largest absolute Gasteiger partial charge is 0.490 e. The highest BCUT2D eigenvalue weighted by molar-refractivity contribution is 5.45. The lowest BCUT2D eigenvalue weighted by Gasteiger charge is -2.26. The molecule has 1 aromatic rings. The van der Waals surface area contributed by atoms with Gasteiger partial charge in [0.05, 0.1) is 13.2 Å². The first kappa shape index (κ1) is 14.2. The summed E-state index contributed by atoms with van der Waals surface area (Å²) in [7, 11) is 1.94. The van der Waals surface area contributed by atoms with Gasteiger partial charge in [-0.15, -0.1) is 0 Å². The summed E-state index contributed by atoms with van der Waals surface area (Å²) in [6.45, 7) is 7.65. The van der Waals surface area contributed by atoms with Gasteiger partial charge in [-0.05, 0) is 24.7 Å². The Balaban J connectivity index is 2.13. The van der Waals surface area contributed by atoms with E-state index in [1.54, 1.807) is 0 Å². The van der Waals surface area contributed by atoms with Crippen molar-refractivity contribution in [1.29, 1.82) is 0 Å². The molecule has 0 saturated carbocycles. The molecular formula is C15H24N2O2. The summed E-state index contributed by atoms with van der Waals surface area (Å²) in [5.41, 5.74) is 1.32. The predicted octanol–water partition coefficient (Wildman–Crippen LogP) is 1.89. The van der Waals surface area contributed by atoms with Gasteiger partial charge in [-0.3, -0.25) is 0 Å². The fourth-order valence-corrected chi connectivity index (χ4v) is 2.19. The van der Waals surface area contributed by atoms with Gasteiger partial charge in [0.25, 0.3) is 0 Å². The first-order valence-corrected chi connectivity index (χ1v) is 6.89. The van der Waals surface area contributed by atoms with Gasteiger partial charge in [0.15, 0.2) is 11.5 Å². The van der Waals surface area contributed by atoms with Gasteiger partial charge in [0.1, 0.15) is 0 Å². The van der Waals surface area contributed by atoms with Gasteiger partial charge in [0.2, 0.25) is 0 Å². The van der Waals surface area contributed by atoms with Crippen molar-refractivity contribution in [2.24, 2.45) is 0 Å². The van der Waals surface area contributed by atoms with Gasteiger partial charge in [-0.25, -0.2) is 0 Å². The molecule has 1 aromatic carbocycles. The Morgan fingerprint density at radius 2 is 1.89 bits per heavy atom. The zero-order chi connectivity index (χ0) is 13.7. The van der Waals surface area contributed by atoms with Gasteiger partial charge in [-0.1, -0.05) is 19.9 Å². The number of rotatable bonds is 5. The first-order chi connectivity index (χ1) is 9.13. The summed E-state index contributed by atoms with van der Waals surface area (Å²) in [6, 6.07) is 6.27. The van der Waals surface area contributed by atoms with Gasteiger partial charge in [-0.2, -0.15) is 0 Å². The van der Waals surface area contributed by atoms with E-state index in [0.717, 1.165) is 44.3 Å². The van der Waals surface area contributed by atoms with Crippen LogP contribution in [0, 0.1) is 0 Å². The molecule has 106 valence electrons. The molecule has 0 amide bonds. The number of nitrogens with one attached hydrogen (secondary N) is 2. The van der Waals surface area contributed by atoms with Crippen molar-refractivity contribution < 1.29 is 9.47 Å². The second-order valence-electron chi connectivity index (χ2n) is 5.55. The molecule has 19 heavy (non-hydrogen) atoms. The molecule has 0 bridgehead atoms. The molecule has 1 aliphatic rings. The standard InChI is InChI=1S/C15H24N2O2/c1-15(2,10-17-11-16-3)12-5-6-13-14(9-12)19-8-4-7-18-13/h5-6,9,16-17H,4,7-8,10-11H2,1-3H3. The predicted molar refractivity (Wildman–Crippen MR) is 77.0 cm³/mol. The lowest BCUT2D eigenvalue weighted by molar-refractivity contribution is 0.296. The van der Waals surface area contributed by atoms with Crippen molar-refractivity contribution in [3.63, 3.8) is 0 Å².